The van der Waals surface area contributed by atoms with Gasteiger partial charge in [-0.1, -0.05) is 42.5 Å². The lowest BCUT2D eigenvalue weighted by Crippen LogP contribution is -2.48. The predicted molar refractivity (Wildman–Crippen MR) is 112 cm³/mol. The minimum absolute atomic E-state index is 0.0579. The highest BCUT2D eigenvalue weighted by Gasteiger charge is 2.32. The maximum Gasteiger partial charge on any atom is 0.294 e. The number of carbonyl (C=O) groups is 1. The number of rotatable bonds is 6. The Bertz CT molecular complexity index is 919. The molecular weight excluding hydrogens is 367 g/mol. The van der Waals surface area contributed by atoms with Crippen molar-refractivity contribution in [2.75, 3.05) is 24.5 Å². The van der Waals surface area contributed by atoms with Crippen LogP contribution < -0.4 is 4.90 Å². The summed E-state index contributed by atoms with van der Waals surface area (Å²) in [5.74, 6) is -0.443. The number of para-hydroxylation sites is 1. The van der Waals surface area contributed by atoms with Gasteiger partial charge < -0.3 is 9.32 Å². The molecule has 0 radical (unpaired) electrons. The van der Waals surface area contributed by atoms with Gasteiger partial charge >= 0.3 is 0 Å². The first-order valence-corrected chi connectivity index (χ1v) is 10.1. The van der Waals surface area contributed by atoms with Gasteiger partial charge in [0.25, 0.3) is 5.91 Å². The molecule has 29 heavy (non-hydrogen) atoms. The Balaban J connectivity index is 1.45. The third-order valence-electron chi connectivity index (χ3n) is 5.54. The summed E-state index contributed by atoms with van der Waals surface area (Å²) in [7, 11) is 0. The van der Waals surface area contributed by atoms with Crippen LogP contribution >= 0.6 is 0 Å². The van der Waals surface area contributed by atoms with E-state index in [4.69, 9.17) is 4.42 Å². The molecule has 0 bridgehead atoms. The summed E-state index contributed by atoms with van der Waals surface area (Å²) in [4.78, 5) is 17.1. The fourth-order valence-corrected chi connectivity index (χ4v) is 3.97. The van der Waals surface area contributed by atoms with E-state index in [0.717, 1.165) is 38.9 Å². The predicted octanol–water partition coefficient (Wildman–Crippen LogP) is 4.77. The molecule has 5 heteroatoms. The summed E-state index contributed by atoms with van der Waals surface area (Å²) in [6, 6.07) is 20.2. The zero-order valence-electron chi connectivity index (χ0n) is 16.3. The fourth-order valence-electron chi connectivity index (χ4n) is 3.97. The van der Waals surface area contributed by atoms with Crippen LogP contribution in [0.15, 0.2) is 77.4 Å². The van der Waals surface area contributed by atoms with Crippen LogP contribution in [0.1, 0.15) is 29.0 Å². The van der Waals surface area contributed by atoms with Gasteiger partial charge in [-0.3, -0.25) is 9.69 Å². The quantitative estimate of drug-likeness (QED) is 0.606. The van der Waals surface area contributed by atoms with Crippen LogP contribution in [-0.2, 0) is 6.42 Å². The number of piperidine rings is 1. The van der Waals surface area contributed by atoms with Crippen LogP contribution in [0.5, 0.6) is 0 Å². The van der Waals surface area contributed by atoms with Crippen LogP contribution in [0.25, 0.3) is 0 Å². The first-order chi connectivity index (χ1) is 14.2. The van der Waals surface area contributed by atoms with E-state index in [2.05, 4.69) is 29.2 Å². The van der Waals surface area contributed by atoms with Crippen molar-refractivity contribution in [2.24, 2.45) is 0 Å². The number of halogens is 1. The Labute approximate surface area is 170 Å². The van der Waals surface area contributed by atoms with E-state index in [1.807, 2.05) is 6.07 Å². The average molecular weight is 392 g/mol. The maximum absolute atomic E-state index is 14.5. The number of hydrogen-bond donors (Lipinski definition) is 0. The molecule has 0 unspecified atom stereocenters. The van der Waals surface area contributed by atoms with Gasteiger partial charge in [-0.2, -0.15) is 0 Å². The van der Waals surface area contributed by atoms with Crippen molar-refractivity contribution in [3.8, 4) is 0 Å². The zero-order valence-corrected chi connectivity index (χ0v) is 16.3. The summed E-state index contributed by atoms with van der Waals surface area (Å²) in [5, 5.41) is 0. The molecule has 1 fully saturated rings. The van der Waals surface area contributed by atoms with Crippen molar-refractivity contribution in [1.29, 1.82) is 0 Å². The third-order valence-corrected chi connectivity index (χ3v) is 5.54. The molecule has 0 aliphatic carbocycles. The minimum atomic E-state index is -0.390. The Morgan fingerprint density at radius 3 is 2.41 bits per heavy atom. The molecular formula is C24H25FN2O2. The van der Waals surface area contributed by atoms with E-state index < -0.39 is 0 Å². The summed E-state index contributed by atoms with van der Waals surface area (Å²) >= 11 is 0. The first-order valence-electron chi connectivity index (χ1n) is 10.1. The molecule has 1 aliphatic heterocycles. The lowest BCUT2D eigenvalue weighted by molar-refractivity contribution is 0.0932. The van der Waals surface area contributed by atoms with Crippen LogP contribution in [0.3, 0.4) is 0 Å². The Hall–Kier alpha value is -2.92. The molecule has 0 atom stereocenters. The molecule has 1 saturated heterocycles. The Morgan fingerprint density at radius 1 is 1.00 bits per heavy atom. The molecule has 2 heterocycles. The normalized spacial score (nSPS) is 15.3. The van der Waals surface area contributed by atoms with E-state index in [1.54, 1.807) is 35.2 Å². The number of carbonyl (C=O) groups excluding carboxylic acids is 1. The summed E-state index contributed by atoms with van der Waals surface area (Å²) < 4.78 is 19.9. The van der Waals surface area contributed by atoms with Gasteiger partial charge in [0.15, 0.2) is 5.76 Å². The fraction of sp³-hybridized carbons (Fsp3) is 0.292. The number of nitrogens with zero attached hydrogens (tertiary/aromatic N) is 2. The van der Waals surface area contributed by atoms with E-state index in [-0.39, 0.29) is 23.5 Å². The van der Waals surface area contributed by atoms with Gasteiger partial charge in [0.1, 0.15) is 5.82 Å². The number of benzene rings is 2. The highest BCUT2D eigenvalue weighted by Crippen LogP contribution is 2.28. The number of likely N-dealkylation sites (tertiary alicyclic amines) is 1. The number of amides is 1. The second-order valence-electron chi connectivity index (χ2n) is 7.41. The molecule has 150 valence electrons. The molecule has 0 saturated carbocycles. The smallest absolute Gasteiger partial charge is 0.294 e. The van der Waals surface area contributed by atoms with Crippen molar-refractivity contribution in [3.05, 3.63) is 90.1 Å². The average Bonchev–Trinajstić information content (AvgIpc) is 3.30. The Morgan fingerprint density at radius 2 is 1.72 bits per heavy atom. The number of anilines is 1. The summed E-state index contributed by atoms with van der Waals surface area (Å²) in [6.45, 7) is 2.75. The standard InChI is InChI=1S/C24H25FN2O2/c25-21-9-4-5-10-22(21)27(24(28)23-11-6-18-29-23)20-13-16-26(17-14-20)15-12-19-7-2-1-3-8-19/h1-11,18,20H,12-17H2. The van der Waals surface area contributed by atoms with Crippen molar-refractivity contribution in [3.63, 3.8) is 0 Å². The van der Waals surface area contributed by atoms with Crippen LogP contribution in [0.2, 0.25) is 0 Å². The van der Waals surface area contributed by atoms with E-state index in [0.29, 0.717) is 5.69 Å². The highest BCUT2D eigenvalue weighted by atomic mass is 19.1. The molecule has 4 rings (SSSR count). The van der Waals surface area contributed by atoms with E-state index in [9.17, 15) is 9.18 Å². The molecule has 0 N–H and O–H groups in total. The molecule has 1 aromatic heterocycles. The van der Waals surface area contributed by atoms with Gasteiger partial charge in [0, 0.05) is 25.7 Å². The van der Waals surface area contributed by atoms with Gasteiger partial charge in [-0.15, -0.1) is 0 Å². The SMILES string of the molecule is O=C(c1ccco1)N(c1ccccc1F)C1CCN(CCc2ccccc2)CC1. The molecule has 1 amide bonds. The molecule has 2 aromatic carbocycles. The van der Waals surface area contributed by atoms with Gasteiger partial charge in [-0.05, 0) is 49.1 Å². The first kappa shape index (κ1) is 19.4. The van der Waals surface area contributed by atoms with Gasteiger partial charge in [0.2, 0.25) is 0 Å². The van der Waals surface area contributed by atoms with Crippen LogP contribution in [-0.4, -0.2) is 36.5 Å². The van der Waals surface area contributed by atoms with E-state index >= 15 is 0 Å². The topological polar surface area (TPSA) is 36.7 Å². The molecule has 3 aromatic rings. The van der Waals surface area contributed by atoms with E-state index in [1.165, 1.54) is 17.9 Å². The number of hydrogen-bond acceptors (Lipinski definition) is 3. The Kier molecular flexibility index (Phi) is 6.06. The minimum Gasteiger partial charge on any atom is -0.459 e. The molecule has 4 nitrogen and oxygen atoms in total. The highest BCUT2D eigenvalue weighted by molar-refractivity contribution is 6.04. The van der Waals surface area contributed by atoms with Crippen LogP contribution in [0.4, 0.5) is 10.1 Å². The van der Waals surface area contributed by atoms with Crippen molar-refractivity contribution >= 4 is 11.6 Å². The van der Waals surface area contributed by atoms with Crippen molar-refractivity contribution in [2.45, 2.75) is 25.3 Å². The molecule has 0 spiro atoms. The van der Waals surface area contributed by atoms with Crippen molar-refractivity contribution < 1.29 is 13.6 Å². The largest absolute Gasteiger partial charge is 0.459 e. The zero-order chi connectivity index (χ0) is 20.1. The monoisotopic (exact) mass is 392 g/mol. The third kappa shape index (κ3) is 4.57. The van der Waals surface area contributed by atoms with Gasteiger partial charge in [-0.25, -0.2) is 4.39 Å². The lowest BCUT2D eigenvalue weighted by Gasteiger charge is -2.38. The second kappa shape index (κ2) is 9.05. The van der Waals surface area contributed by atoms with Crippen LogP contribution in [0, 0.1) is 5.82 Å². The maximum atomic E-state index is 14.5. The van der Waals surface area contributed by atoms with Gasteiger partial charge in [0.05, 0.1) is 12.0 Å². The lowest BCUT2D eigenvalue weighted by atomic mass is 10.0. The summed E-state index contributed by atoms with van der Waals surface area (Å²) in [5.41, 5.74) is 1.65. The molecule has 1 aliphatic rings. The van der Waals surface area contributed by atoms with Crippen molar-refractivity contribution in [1.82, 2.24) is 4.90 Å². The number of furan rings is 1. The second-order valence-corrected chi connectivity index (χ2v) is 7.41. The summed E-state index contributed by atoms with van der Waals surface area (Å²) in [6.07, 6.45) is 4.08.